The Morgan fingerprint density at radius 3 is 2.48 bits per heavy atom. The molecule has 2 atom stereocenters. The Bertz CT molecular complexity index is 948. The first kappa shape index (κ1) is 20.2. The Morgan fingerprint density at radius 2 is 1.81 bits per heavy atom. The molecule has 0 unspecified atom stereocenters. The molecule has 0 radical (unpaired) electrons. The Kier molecular flexibility index (Phi) is 5.98. The summed E-state index contributed by atoms with van der Waals surface area (Å²) in [6.07, 6.45) is 12.0. The number of piperidine rings is 1. The summed E-state index contributed by atoms with van der Waals surface area (Å²) in [5.41, 5.74) is 3.38. The van der Waals surface area contributed by atoms with E-state index in [1.807, 2.05) is 24.5 Å². The zero-order valence-electron chi connectivity index (χ0n) is 18.1. The van der Waals surface area contributed by atoms with Crippen LogP contribution < -0.4 is 4.90 Å². The largest absolute Gasteiger partial charge is 0.445 e. The molecule has 0 amide bonds. The van der Waals surface area contributed by atoms with Gasteiger partial charge in [0.2, 0.25) is 11.8 Å². The molecule has 1 saturated heterocycles. The maximum atomic E-state index is 6.04. The summed E-state index contributed by atoms with van der Waals surface area (Å²) >= 11 is 0. The van der Waals surface area contributed by atoms with Gasteiger partial charge in [0.1, 0.15) is 6.26 Å². The van der Waals surface area contributed by atoms with E-state index in [4.69, 9.17) is 9.15 Å². The molecular formula is C25H30N4O2. The molecule has 1 aliphatic heterocycles. The number of nitrogens with zero attached hydrogens (tertiary/aromatic N) is 4. The fraction of sp³-hybridized carbons (Fsp3) is 0.480. The van der Waals surface area contributed by atoms with E-state index in [0.29, 0.717) is 12.5 Å². The monoisotopic (exact) mass is 418 g/mol. The van der Waals surface area contributed by atoms with Gasteiger partial charge in [0.15, 0.2) is 0 Å². The van der Waals surface area contributed by atoms with Crippen LogP contribution in [0.5, 0.6) is 0 Å². The average Bonchev–Trinajstić information content (AvgIpc) is 3.38. The molecule has 1 saturated carbocycles. The van der Waals surface area contributed by atoms with Crippen LogP contribution in [0.2, 0.25) is 0 Å². The molecule has 2 aromatic heterocycles. The summed E-state index contributed by atoms with van der Waals surface area (Å²) in [5.74, 6) is 3.92. The van der Waals surface area contributed by atoms with Crippen LogP contribution in [0, 0.1) is 17.8 Å². The van der Waals surface area contributed by atoms with Crippen molar-refractivity contribution in [3.63, 3.8) is 0 Å². The van der Waals surface area contributed by atoms with Gasteiger partial charge in [0.05, 0.1) is 19.4 Å². The van der Waals surface area contributed by atoms with Gasteiger partial charge in [-0.05, 0) is 66.7 Å². The molecule has 1 aromatic carbocycles. The number of aryl methyl sites for hydroxylation is 1. The average molecular weight is 419 g/mol. The molecule has 162 valence electrons. The van der Waals surface area contributed by atoms with Crippen LogP contribution in [0.15, 0.2) is 53.5 Å². The van der Waals surface area contributed by atoms with Crippen molar-refractivity contribution < 1.29 is 9.15 Å². The number of aromatic nitrogens is 3. The Hall–Kier alpha value is -2.73. The zero-order chi connectivity index (χ0) is 21.0. The van der Waals surface area contributed by atoms with E-state index in [0.717, 1.165) is 55.4 Å². The second kappa shape index (κ2) is 9.18. The van der Waals surface area contributed by atoms with Crippen LogP contribution >= 0.6 is 0 Å². The fourth-order valence-corrected chi connectivity index (χ4v) is 4.70. The standard InChI is InChI=1S/C25H30N4O2/c1-2-18-14-27-25(28-15-18)29-10-7-20(8-11-29)23-13-22(23)17-30-16-19-3-5-21(6-4-19)24-26-9-12-31-24/h3-6,9,12,14-15,20,22-23H,2,7-8,10-11,13,16-17H2,1H3/t22-,23+/m0/s1. The molecule has 2 fully saturated rings. The Morgan fingerprint density at radius 1 is 1.03 bits per heavy atom. The minimum absolute atomic E-state index is 0.656. The van der Waals surface area contributed by atoms with Crippen molar-refractivity contribution in [3.8, 4) is 11.5 Å². The number of hydrogen-bond donors (Lipinski definition) is 0. The second-order valence-electron chi connectivity index (χ2n) is 8.78. The molecule has 0 N–H and O–H groups in total. The van der Waals surface area contributed by atoms with Crippen molar-refractivity contribution in [3.05, 3.63) is 60.2 Å². The lowest BCUT2D eigenvalue weighted by Gasteiger charge is -2.32. The number of benzene rings is 1. The second-order valence-corrected chi connectivity index (χ2v) is 8.78. The molecule has 2 aliphatic rings. The third-order valence-electron chi connectivity index (χ3n) is 6.74. The van der Waals surface area contributed by atoms with Crippen LogP contribution in [0.3, 0.4) is 0 Å². The van der Waals surface area contributed by atoms with Gasteiger partial charge in [0.25, 0.3) is 0 Å². The van der Waals surface area contributed by atoms with Crippen molar-refractivity contribution >= 4 is 5.95 Å². The van der Waals surface area contributed by atoms with E-state index in [9.17, 15) is 0 Å². The predicted molar refractivity (Wildman–Crippen MR) is 120 cm³/mol. The van der Waals surface area contributed by atoms with Gasteiger partial charge >= 0.3 is 0 Å². The van der Waals surface area contributed by atoms with Gasteiger partial charge in [0, 0.05) is 31.0 Å². The summed E-state index contributed by atoms with van der Waals surface area (Å²) in [6, 6.07) is 8.26. The van der Waals surface area contributed by atoms with E-state index >= 15 is 0 Å². The lowest BCUT2D eigenvalue weighted by molar-refractivity contribution is 0.104. The summed E-state index contributed by atoms with van der Waals surface area (Å²) in [7, 11) is 0. The highest BCUT2D eigenvalue weighted by Gasteiger charge is 2.43. The highest BCUT2D eigenvalue weighted by Crippen LogP contribution is 2.48. The van der Waals surface area contributed by atoms with Crippen molar-refractivity contribution in [2.75, 3.05) is 24.6 Å². The van der Waals surface area contributed by atoms with E-state index in [-0.39, 0.29) is 0 Å². The third kappa shape index (κ3) is 4.79. The SMILES string of the molecule is CCc1cnc(N2CCC([C@H]3C[C@H]3COCc3ccc(-c4ncco4)cc3)CC2)nc1. The van der Waals surface area contributed by atoms with Gasteiger partial charge in [-0.15, -0.1) is 0 Å². The molecule has 0 bridgehead atoms. The van der Waals surface area contributed by atoms with Crippen molar-refractivity contribution in [2.24, 2.45) is 17.8 Å². The van der Waals surface area contributed by atoms with Crippen LogP contribution in [0.25, 0.3) is 11.5 Å². The Balaban J connectivity index is 1.03. The van der Waals surface area contributed by atoms with Gasteiger partial charge < -0.3 is 14.1 Å². The van der Waals surface area contributed by atoms with Crippen molar-refractivity contribution in [1.82, 2.24) is 15.0 Å². The summed E-state index contributed by atoms with van der Waals surface area (Å²) in [6.45, 7) is 5.80. The fourth-order valence-electron chi connectivity index (χ4n) is 4.70. The maximum Gasteiger partial charge on any atom is 0.225 e. The van der Waals surface area contributed by atoms with E-state index < -0.39 is 0 Å². The lowest BCUT2D eigenvalue weighted by Crippen LogP contribution is -2.35. The highest BCUT2D eigenvalue weighted by atomic mass is 16.5. The summed E-state index contributed by atoms with van der Waals surface area (Å²) in [5, 5.41) is 0. The summed E-state index contributed by atoms with van der Waals surface area (Å²) in [4.78, 5) is 15.6. The van der Waals surface area contributed by atoms with E-state index in [2.05, 4.69) is 38.9 Å². The van der Waals surface area contributed by atoms with Gasteiger partial charge in [-0.1, -0.05) is 19.1 Å². The van der Waals surface area contributed by atoms with Gasteiger partial charge in [-0.25, -0.2) is 15.0 Å². The molecule has 31 heavy (non-hydrogen) atoms. The molecule has 6 heteroatoms. The molecular weight excluding hydrogens is 388 g/mol. The van der Waals surface area contributed by atoms with Crippen LogP contribution in [-0.4, -0.2) is 34.6 Å². The lowest BCUT2D eigenvalue weighted by atomic mass is 9.91. The summed E-state index contributed by atoms with van der Waals surface area (Å²) < 4.78 is 11.4. The first-order chi connectivity index (χ1) is 15.3. The van der Waals surface area contributed by atoms with Crippen LogP contribution in [-0.2, 0) is 17.8 Å². The van der Waals surface area contributed by atoms with Crippen LogP contribution in [0.1, 0.15) is 37.3 Å². The number of hydrogen-bond acceptors (Lipinski definition) is 6. The normalized spacial score (nSPS) is 21.4. The molecule has 5 rings (SSSR count). The highest BCUT2D eigenvalue weighted by molar-refractivity contribution is 5.53. The minimum Gasteiger partial charge on any atom is -0.445 e. The molecule has 3 heterocycles. The van der Waals surface area contributed by atoms with Crippen molar-refractivity contribution in [1.29, 1.82) is 0 Å². The third-order valence-corrected chi connectivity index (χ3v) is 6.74. The number of anilines is 1. The van der Waals surface area contributed by atoms with Crippen LogP contribution in [0.4, 0.5) is 5.95 Å². The molecule has 0 spiro atoms. The predicted octanol–water partition coefficient (Wildman–Crippen LogP) is 4.76. The number of ether oxygens (including phenoxy) is 1. The molecule has 6 nitrogen and oxygen atoms in total. The quantitative estimate of drug-likeness (QED) is 0.525. The zero-order valence-corrected chi connectivity index (χ0v) is 18.1. The number of rotatable bonds is 8. The van der Waals surface area contributed by atoms with Crippen molar-refractivity contribution in [2.45, 2.75) is 39.2 Å². The Labute approximate surface area is 183 Å². The smallest absolute Gasteiger partial charge is 0.225 e. The molecule has 3 aromatic rings. The van der Waals surface area contributed by atoms with Gasteiger partial charge in [-0.2, -0.15) is 0 Å². The van der Waals surface area contributed by atoms with Gasteiger partial charge in [-0.3, -0.25) is 0 Å². The molecule has 1 aliphatic carbocycles. The first-order valence-electron chi connectivity index (χ1n) is 11.4. The maximum absolute atomic E-state index is 6.04. The van der Waals surface area contributed by atoms with E-state index in [1.54, 1.807) is 12.5 Å². The first-order valence-corrected chi connectivity index (χ1v) is 11.4. The topological polar surface area (TPSA) is 64.3 Å². The number of oxazole rings is 1. The van der Waals surface area contributed by atoms with E-state index in [1.165, 1.54) is 30.4 Å². The minimum atomic E-state index is 0.656.